The molecule has 17 heavy (non-hydrogen) atoms. The van der Waals surface area contributed by atoms with Gasteiger partial charge in [-0.25, -0.2) is 0 Å². The maximum atomic E-state index is 11.4. The molecule has 0 spiro atoms. The molecule has 1 aromatic heterocycles. The normalized spacial score (nSPS) is 10.8. The number of carbonyl (C=O) groups excluding carboxylic acids is 1. The summed E-state index contributed by atoms with van der Waals surface area (Å²) < 4.78 is 6.80. The number of hydrogen-bond donors (Lipinski definition) is 0. The van der Waals surface area contributed by atoms with E-state index in [1.165, 1.54) is 5.69 Å². The van der Waals surface area contributed by atoms with E-state index in [1.807, 2.05) is 31.6 Å². The predicted molar refractivity (Wildman–Crippen MR) is 65.7 cm³/mol. The fraction of sp³-hybridized carbons (Fsp3) is 0.667. The first kappa shape index (κ1) is 13.7. The van der Waals surface area contributed by atoms with E-state index in [4.69, 9.17) is 4.74 Å². The number of ether oxygens (including phenoxy) is 1. The highest BCUT2D eigenvalue weighted by Gasteiger charge is 2.10. The highest BCUT2D eigenvalue weighted by molar-refractivity contribution is 5.71. The van der Waals surface area contributed by atoms with Gasteiger partial charge in [-0.1, -0.05) is 6.92 Å². The Balaban J connectivity index is 2.37. The van der Waals surface area contributed by atoms with Crippen LogP contribution in [0.3, 0.4) is 0 Å². The molecular formula is C12H21N3O2. The fourth-order valence-electron chi connectivity index (χ4n) is 1.66. The van der Waals surface area contributed by atoms with E-state index in [0.717, 1.165) is 19.5 Å². The molecule has 5 nitrogen and oxygen atoms in total. The third-order valence-electron chi connectivity index (χ3n) is 2.71. The van der Waals surface area contributed by atoms with Gasteiger partial charge in [0.1, 0.15) is 0 Å². The molecule has 0 unspecified atom stereocenters. The van der Waals surface area contributed by atoms with Gasteiger partial charge in [0.25, 0.3) is 0 Å². The largest absolute Gasteiger partial charge is 0.465 e. The Labute approximate surface area is 102 Å². The lowest BCUT2D eigenvalue weighted by molar-refractivity contribution is -0.144. The molecule has 0 bridgehead atoms. The van der Waals surface area contributed by atoms with Crippen molar-refractivity contribution in [2.24, 2.45) is 7.05 Å². The summed E-state index contributed by atoms with van der Waals surface area (Å²) in [6, 6.07) is 2.00. The van der Waals surface area contributed by atoms with Gasteiger partial charge in [-0.2, -0.15) is 5.10 Å². The van der Waals surface area contributed by atoms with Crippen molar-refractivity contribution in [2.75, 3.05) is 26.2 Å². The quantitative estimate of drug-likeness (QED) is 0.662. The van der Waals surface area contributed by atoms with Crippen LogP contribution in [0.1, 0.15) is 19.5 Å². The number of aromatic nitrogens is 2. The molecule has 0 atom stereocenters. The standard InChI is InChI=1S/C12H21N3O2/c1-4-15(10-12(16)17-5-2)9-7-11-6-8-13-14(11)3/h6,8H,4-5,7,9-10H2,1-3H3. The molecule has 1 heterocycles. The molecule has 0 amide bonds. The second-order valence-corrected chi connectivity index (χ2v) is 3.87. The molecule has 1 aromatic rings. The van der Waals surface area contributed by atoms with Crippen LogP contribution in [0.2, 0.25) is 0 Å². The van der Waals surface area contributed by atoms with Crippen LogP contribution in [-0.2, 0) is 23.0 Å². The molecule has 0 N–H and O–H groups in total. The van der Waals surface area contributed by atoms with Crippen molar-refractivity contribution in [3.63, 3.8) is 0 Å². The molecule has 96 valence electrons. The van der Waals surface area contributed by atoms with Gasteiger partial charge in [0.2, 0.25) is 0 Å². The van der Waals surface area contributed by atoms with Crippen molar-refractivity contribution in [1.29, 1.82) is 0 Å². The minimum absolute atomic E-state index is 0.153. The molecule has 0 aromatic carbocycles. The molecule has 0 saturated heterocycles. The molecule has 0 aliphatic rings. The van der Waals surface area contributed by atoms with Crippen LogP contribution in [-0.4, -0.2) is 46.9 Å². The second kappa shape index (κ2) is 7.06. The van der Waals surface area contributed by atoms with E-state index in [0.29, 0.717) is 13.2 Å². The first-order valence-electron chi connectivity index (χ1n) is 6.02. The van der Waals surface area contributed by atoms with Crippen molar-refractivity contribution in [3.05, 3.63) is 18.0 Å². The van der Waals surface area contributed by atoms with Gasteiger partial charge < -0.3 is 4.74 Å². The number of esters is 1. The fourth-order valence-corrected chi connectivity index (χ4v) is 1.66. The van der Waals surface area contributed by atoms with Gasteiger partial charge in [-0.05, 0) is 19.5 Å². The van der Waals surface area contributed by atoms with Gasteiger partial charge in [0.05, 0.1) is 13.2 Å². The van der Waals surface area contributed by atoms with E-state index < -0.39 is 0 Å². The average Bonchev–Trinajstić information content (AvgIpc) is 2.70. The van der Waals surface area contributed by atoms with Gasteiger partial charge in [0, 0.05) is 31.9 Å². The highest BCUT2D eigenvalue weighted by Crippen LogP contribution is 2.00. The van der Waals surface area contributed by atoms with Crippen molar-refractivity contribution < 1.29 is 9.53 Å². The lowest BCUT2D eigenvalue weighted by atomic mass is 10.3. The van der Waals surface area contributed by atoms with Gasteiger partial charge in [-0.3, -0.25) is 14.4 Å². The molecule has 0 fully saturated rings. The zero-order valence-electron chi connectivity index (χ0n) is 10.8. The van der Waals surface area contributed by atoms with E-state index in [1.54, 1.807) is 6.20 Å². The maximum absolute atomic E-state index is 11.4. The van der Waals surface area contributed by atoms with Crippen LogP contribution in [0, 0.1) is 0 Å². The molecule has 1 rings (SSSR count). The lowest BCUT2D eigenvalue weighted by Crippen LogP contribution is -2.32. The number of carbonyl (C=O) groups is 1. The summed E-state index contributed by atoms with van der Waals surface area (Å²) in [7, 11) is 1.93. The van der Waals surface area contributed by atoms with E-state index in [-0.39, 0.29) is 5.97 Å². The maximum Gasteiger partial charge on any atom is 0.320 e. The van der Waals surface area contributed by atoms with Crippen LogP contribution in [0.4, 0.5) is 0 Å². The molecule has 0 aliphatic heterocycles. The summed E-state index contributed by atoms with van der Waals surface area (Å²) in [5.74, 6) is -0.153. The lowest BCUT2D eigenvalue weighted by Gasteiger charge is -2.18. The van der Waals surface area contributed by atoms with Gasteiger partial charge in [0.15, 0.2) is 0 Å². The summed E-state index contributed by atoms with van der Waals surface area (Å²) in [5.41, 5.74) is 1.17. The Morgan fingerprint density at radius 2 is 2.29 bits per heavy atom. The van der Waals surface area contributed by atoms with E-state index >= 15 is 0 Å². The summed E-state index contributed by atoms with van der Waals surface area (Å²) in [6.07, 6.45) is 2.68. The van der Waals surface area contributed by atoms with Crippen LogP contribution < -0.4 is 0 Å². The Kier molecular flexibility index (Phi) is 5.69. The summed E-state index contributed by atoms with van der Waals surface area (Å²) in [6.45, 7) is 6.36. The number of nitrogens with zero attached hydrogens (tertiary/aromatic N) is 3. The number of rotatable bonds is 7. The Morgan fingerprint density at radius 1 is 1.53 bits per heavy atom. The van der Waals surface area contributed by atoms with Crippen LogP contribution >= 0.6 is 0 Å². The summed E-state index contributed by atoms with van der Waals surface area (Å²) in [4.78, 5) is 13.4. The number of likely N-dealkylation sites (N-methyl/N-ethyl adjacent to an activating group) is 1. The summed E-state index contributed by atoms with van der Waals surface area (Å²) in [5, 5.41) is 4.12. The van der Waals surface area contributed by atoms with Crippen LogP contribution in [0.5, 0.6) is 0 Å². The van der Waals surface area contributed by atoms with Crippen molar-refractivity contribution in [1.82, 2.24) is 14.7 Å². The molecule has 0 radical (unpaired) electrons. The Morgan fingerprint density at radius 3 is 2.82 bits per heavy atom. The Bertz CT molecular complexity index is 349. The highest BCUT2D eigenvalue weighted by atomic mass is 16.5. The summed E-state index contributed by atoms with van der Waals surface area (Å²) >= 11 is 0. The topological polar surface area (TPSA) is 47.4 Å². The van der Waals surface area contributed by atoms with Crippen molar-refractivity contribution >= 4 is 5.97 Å². The van der Waals surface area contributed by atoms with E-state index in [9.17, 15) is 4.79 Å². The number of hydrogen-bond acceptors (Lipinski definition) is 4. The van der Waals surface area contributed by atoms with Gasteiger partial charge >= 0.3 is 5.97 Å². The van der Waals surface area contributed by atoms with Crippen molar-refractivity contribution in [2.45, 2.75) is 20.3 Å². The first-order chi connectivity index (χ1) is 8.17. The third-order valence-corrected chi connectivity index (χ3v) is 2.71. The first-order valence-corrected chi connectivity index (χ1v) is 6.02. The molecule has 5 heteroatoms. The Hall–Kier alpha value is -1.36. The zero-order valence-corrected chi connectivity index (χ0v) is 10.8. The van der Waals surface area contributed by atoms with Crippen LogP contribution in [0.15, 0.2) is 12.3 Å². The zero-order chi connectivity index (χ0) is 12.7. The molecular weight excluding hydrogens is 218 g/mol. The predicted octanol–water partition coefficient (Wildman–Crippen LogP) is 0.848. The monoisotopic (exact) mass is 239 g/mol. The number of aryl methyl sites for hydroxylation is 1. The molecule has 0 aliphatic carbocycles. The minimum Gasteiger partial charge on any atom is -0.465 e. The van der Waals surface area contributed by atoms with Crippen molar-refractivity contribution in [3.8, 4) is 0 Å². The SMILES string of the molecule is CCOC(=O)CN(CC)CCc1ccnn1C. The smallest absolute Gasteiger partial charge is 0.320 e. The average molecular weight is 239 g/mol. The van der Waals surface area contributed by atoms with Gasteiger partial charge in [-0.15, -0.1) is 0 Å². The van der Waals surface area contributed by atoms with E-state index in [2.05, 4.69) is 10.00 Å². The second-order valence-electron chi connectivity index (χ2n) is 3.87. The minimum atomic E-state index is -0.153. The molecule has 0 saturated carbocycles. The van der Waals surface area contributed by atoms with Crippen LogP contribution in [0.25, 0.3) is 0 Å². The third kappa shape index (κ3) is 4.56.